The normalized spacial score (nSPS) is 11.3. The average Bonchev–Trinajstić information content (AvgIpc) is 3.22. The molecule has 0 aliphatic rings. The van der Waals surface area contributed by atoms with Crippen molar-refractivity contribution >= 4 is 18.3 Å². The largest absolute Gasteiger partial charge is 0.493 e. The van der Waals surface area contributed by atoms with Crippen LogP contribution < -0.4 is 20.5 Å². The molecule has 160 valence electrons. The number of benzene rings is 2. The lowest BCUT2D eigenvalue weighted by Gasteiger charge is -2.16. The second kappa shape index (κ2) is 10.6. The summed E-state index contributed by atoms with van der Waals surface area (Å²) >= 11 is 0. The summed E-state index contributed by atoms with van der Waals surface area (Å²) in [6.07, 6.45) is 3.01. The van der Waals surface area contributed by atoms with E-state index in [-0.39, 0.29) is 42.4 Å². The standard InChI is InChI=1S/C20H22FN5O3.ClH/c1-13(10-26-12-23-11-24-26)25-20(27)15-4-6-18(28-2)19(8-15)29-17-5-3-14(9-22)7-16(17)21;/h3-8,11-13H,9-10,22H2,1-2H3,(H,25,27);1H. The zero-order chi connectivity index (χ0) is 20.8. The molecule has 30 heavy (non-hydrogen) atoms. The number of nitrogens with zero attached hydrogens (tertiary/aromatic N) is 3. The topological polar surface area (TPSA) is 104 Å². The molecule has 1 atom stereocenters. The van der Waals surface area contributed by atoms with Gasteiger partial charge in [0, 0.05) is 18.2 Å². The number of hydrogen-bond donors (Lipinski definition) is 2. The minimum Gasteiger partial charge on any atom is -0.493 e. The summed E-state index contributed by atoms with van der Waals surface area (Å²) in [6, 6.07) is 9.00. The van der Waals surface area contributed by atoms with Gasteiger partial charge in [-0.1, -0.05) is 6.07 Å². The Morgan fingerprint density at radius 2 is 2.00 bits per heavy atom. The molecule has 3 rings (SSSR count). The number of halogens is 2. The number of amides is 1. The van der Waals surface area contributed by atoms with Gasteiger partial charge in [-0.05, 0) is 42.8 Å². The molecule has 2 aromatic carbocycles. The Morgan fingerprint density at radius 1 is 1.23 bits per heavy atom. The molecule has 0 fully saturated rings. The van der Waals surface area contributed by atoms with Gasteiger partial charge in [0.05, 0.1) is 13.7 Å². The summed E-state index contributed by atoms with van der Waals surface area (Å²) in [7, 11) is 1.47. The lowest BCUT2D eigenvalue weighted by atomic mass is 10.1. The van der Waals surface area contributed by atoms with Crippen LogP contribution in [0.15, 0.2) is 49.1 Å². The van der Waals surface area contributed by atoms with Crippen LogP contribution in [0.3, 0.4) is 0 Å². The second-order valence-corrected chi connectivity index (χ2v) is 6.43. The molecule has 0 bridgehead atoms. The number of carbonyl (C=O) groups excluding carboxylic acids is 1. The van der Waals surface area contributed by atoms with Gasteiger partial charge in [-0.25, -0.2) is 9.37 Å². The zero-order valence-corrected chi connectivity index (χ0v) is 17.4. The molecule has 0 aliphatic heterocycles. The van der Waals surface area contributed by atoms with Crippen LogP contribution >= 0.6 is 12.4 Å². The predicted molar refractivity (Wildman–Crippen MR) is 112 cm³/mol. The summed E-state index contributed by atoms with van der Waals surface area (Å²) in [5.41, 5.74) is 6.52. The summed E-state index contributed by atoms with van der Waals surface area (Å²) < 4.78 is 26.8. The average molecular weight is 436 g/mol. The van der Waals surface area contributed by atoms with Crippen LogP contribution in [-0.4, -0.2) is 33.8 Å². The molecule has 1 amide bonds. The maximum absolute atomic E-state index is 14.3. The molecular weight excluding hydrogens is 413 g/mol. The Labute approximate surface area is 179 Å². The van der Waals surface area contributed by atoms with Crippen molar-refractivity contribution in [1.82, 2.24) is 20.1 Å². The van der Waals surface area contributed by atoms with Gasteiger partial charge in [-0.3, -0.25) is 9.48 Å². The fourth-order valence-electron chi connectivity index (χ4n) is 2.73. The SMILES string of the molecule is COc1ccc(C(=O)NC(C)Cn2cncn2)cc1Oc1ccc(CN)cc1F.Cl. The van der Waals surface area contributed by atoms with Gasteiger partial charge in [0.2, 0.25) is 0 Å². The third-order valence-electron chi connectivity index (χ3n) is 4.18. The van der Waals surface area contributed by atoms with Crippen molar-refractivity contribution in [2.24, 2.45) is 5.73 Å². The van der Waals surface area contributed by atoms with E-state index in [2.05, 4.69) is 15.4 Å². The molecule has 3 aromatic rings. The van der Waals surface area contributed by atoms with Crippen molar-refractivity contribution in [3.05, 3.63) is 66.0 Å². The van der Waals surface area contributed by atoms with Crippen molar-refractivity contribution in [3.8, 4) is 17.2 Å². The molecule has 0 saturated heterocycles. The van der Waals surface area contributed by atoms with Gasteiger partial charge >= 0.3 is 0 Å². The zero-order valence-electron chi connectivity index (χ0n) is 16.5. The van der Waals surface area contributed by atoms with Gasteiger partial charge in [0.15, 0.2) is 23.1 Å². The predicted octanol–water partition coefficient (Wildman–Crippen LogP) is 2.92. The van der Waals surface area contributed by atoms with Crippen molar-refractivity contribution < 1.29 is 18.7 Å². The molecule has 3 N–H and O–H groups in total. The van der Waals surface area contributed by atoms with E-state index >= 15 is 0 Å². The molecule has 0 aliphatic carbocycles. The number of hydrogen-bond acceptors (Lipinski definition) is 6. The number of aromatic nitrogens is 3. The Hall–Kier alpha value is -3.17. The summed E-state index contributed by atoms with van der Waals surface area (Å²) in [4.78, 5) is 16.5. The first-order chi connectivity index (χ1) is 14.0. The first kappa shape index (κ1) is 23.1. The van der Waals surface area contributed by atoms with E-state index in [1.54, 1.807) is 29.2 Å². The number of carbonyl (C=O) groups is 1. The highest BCUT2D eigenvalue weighted by molar-refractivity contribution is 5.95. The summed E-state index contributed by atoms with van der Waals surface area (Å²) in [5.74, 6) is -0.240. The molecule has 0 spiro atoms. The Bertz CT molecular complexity index is 985. The highest BCUT2D eigenvalue weighted by Gasteiger charge is 2.16. The molecule has 0 radical (unpaired) electrons. The van der Waals surface area contributed by atoms with Crippen LogP contribution in [0.1, 0.15) is 22.8 Å². The van der Waals surface area contributed by atoms with Gasteiger partial charge < -0.3 is 20.5 Å². The van der Waals surface area contributed by atoms with E-state index in [9.17, 15) is 9.18 Å². The minimum absolute atomic E-state index is 0. The smallest absolute Gasteiger partial charge is 0.251 e. The van der Waals surface area contributed by atoms with Crippen LogP contribution in [-0.2, 0) is 13.1 Å². The first-order valence-corrected chi connectivity index (χ1v) is 8.97. The molecule has 0 saturated carbocycles. The van der Waals surface area contributed by atoms with E-state index < -0.39 is 5.82 Å². The summed E-state index contributed by atoms with van der Waals surface area (Å²) in [5, 5.41) is 6.89. The van der Waals surface area contributed by atoms with Crippen molar-refractivity contribution in [1.29, 1.82) is 0 Å². The van der Waals surface area contributed by atoms with Crippen LogP contribution in [0.5, 0.6) is 17.2 Å². The molecule has 1 aromatic heterocycles. The minimum atomic E-state index is -0.550. The number of methoxy groups -OCH3 is 1. The first-order valence-electron chi connectivity index (χ1n) is 8.97. The molecular formula is C20H23ClFN5O3. The molecule has 10 heteroatoms. The molecule has 1 heterocycles. The lowest BCUT2D eigenvalue weighted by Crippen LogP contribution is -2.35. The number of nitrogens with one attached hydrogen (secondary N) is 1. The molecule has 8 nitrogen and oxygen atoms in total. The number of rotatable bonds is 8. The van der Waals surface area contributed by atoms with Crippen LogP contribution in [0.4, 0.5) is 4.39 Å². The fourth-order valence-corrected chi connectivity index (χ4v) is 2.73. The van der Waals surface area contributed by atoms with Gasteiger partial charge in [-0.2, -0.15) is 5.10 Å². The Kier molecular flexibility index (Phi) is 8.14. The van der Waals surface area contributed by atoms with E-state index in [1.165, 1.54) is 31.6 Å². The van der Waals surface area contributed by atoms with Gasteiger partial charge in [-0.15, -0.1) is 12.4 Å². The van der Waals surface area contributed by atoms with Crippen LogP contribution in [0, 0.1) is 5.82 Å². The quantitative estimate of drug-likeness (QED) is 0.563. The van der Waals surface area contributed by atoms with Crippen LogP contribution in [0.25, 0.3) is 0 Å². The third-order valence-corrected chi connectivity index (χ3v) is 4.18. The van der Waals surface area contributed by atoms with Crippen molar-refractivity contribution in [3.63, 3.8) is 0 Å². The van der Waals surface area contributed by atoms with Gasteiger partial charge in [0.1, 0.15) is 12.7 Å². The van der Waals surface area contributed by atoms with Crippen molar-refractivity contribution in [2.75, 3.05) is 7.11 Å². The number of nitrogens with two attached hydrogens (primary N) is 1. The lowest BCUT2D eigenvalue weighted by molar-refractivity contribution is 0.0935. The highest BCUT2D eigenvalue weighted by atomic mass is 35.5. The Morgan fingerprint density at radius 3 is 2.63 bits per heavy atom. The Balaban J connectivity index is 0.00000320. The monoisotopic (exact) mass is 435 g/mol. The van der Waals surface area contributed by atoms with E-state index in [4.69, 9.17) is 15.2 Å². The fraction of sp³-hybridized carbons (Fsp3) is 0.250. The number of ether oxygens (including phenoxy) is 2. The van der Waals surface area contributed by atoms with Gasteiger partial charge in [0.25, 0.3) is 5.91 Å². The maximum atomic E-state index is 14.3. The summed E-state index contributed by atoms with van der Waals surface area (Å²) in [6.45, 7) is 2.56. The molecule has 1 unspecified atom stereocenters. The van der Waals surface area contributed by atoms with E-state index in [1.807, 2.05) is 6.92 Å². The second-order valence-electron chi connectivity index (χ2n) is 6.43. The maximum Gasteiger partial charge on any atom is 0.251 e. The van der Waals surface area contributed by atoms with E-state index in [0.29, 0.717) is 23.4 Å². The third kappa shape index (κ3) is 5.68. The van der Waals surface area contributed by atoms with Crippen LogP contribution in [0.2, 0.25) is 0 Å². The van der Waals surface area contributed by atoms with Crippen molar-refractivity contribution in [2.45, 2.75) is 26.1 Å². The van der Waals surface area contributed by atoms with E-state index in [0.717, 1.165) is 0 Å². The highest BCUT2D eigenvalue weighted by Crippen LogP contribution is 2.33.